The minimum atomic E-state index is 0.0896. The van der Waals surface area contributed by atoms with E-state index in [2.05, 4.69) is 32.0 Å². The van der Waals surface area contributed by atoms with E-state index in [1.165, 1.54) is 0 Å². The maximum absolute atomic E-state index is 12.2. The number of carbonyl (C=O) groups excluding carboxylic acids is 1. The van der Waals surface area contributed by atoms with Crippen LogP contribution in [-0.2, 0) is 4.79 Å². The number of carbonyl (C=O) groups is 1. The summed E-state index contributed by atoms with van der Waals surface area (Å²) in [5, 5.41) is 2.95. The second kappa shape index (κ2) is 7.78. The van der Waals surface area contributed by atoms with Gasteiger partial charge in [-0.15, -0.1) is 0 Å². The minimum Gasteiger partial charge on any atom is -0.436 e. The molecule has 2 aromatic heterocycles. The topological polar surface area (TPSA) is 73.0 Å². The molecule has 0 aliphatic heterocycles. The van der Waals surface area contributed by atoms with Gasteiger partial charge in [-0.25, -0.2) is 9.97 Å². The van der Waals surface area contributed by atoms with E-state index in [-0.39, 0.29) is 11.8 Å². The lowest BCUT2D eigenvalue weighted by Crippen LogP contribution is -2.29. The van der Waals surface area contributed by atoms with Crippen LogP contribution in [0.15, 0.2) is 65.5 Å². The van der Waals surface area contributed by atoms with Crippen molar-refractivity contribution in [2.45, 2.75) is 32.2 Å². The SMILES string of the molecule is CCNC(=O)C1CCC(n2cncc2-c2ccc(-c3nc4ccccc4o3)cc2)C1. The number of amides is 1. The van der Waals surface area contributed by atoms with E-state index in [1.54, 1.807) is 0 Å². The molecule has 1 aliphatic carbocycles. The number of hydrogen-bond acceptors (Lipinski definition) is 4. The highest BCUT2D eigenvalue weighted by molar-refractivity contribution is 5.79. The van der Waals surface area contributed by atoms with Gasteiger partial charge in [-0.3, -0.25) is 4.79 Å². The van der Waals surface area contributed by atoms with Gasteiger partial charge in [0.25, 0.3) is 0 Å². The van der Waals surface area contributed by atoms with Crippen LogP contribution in [0.4, 0.5) is 0 Å². The smallest absolute Gasteiger partial charge is 0.227 e. The van der Waals surface area contributed by atoms with Gasteiger partial charge < -0.3 is 14.3 Å². The van der Waals surface area contributed by atoms with Gasteiger partial charge in [-0.05, 0) is 56.0 Å². The fourth-order valence-electron chi connectivity index (χ4n) is 4.37. The van der Waals surface area contributed by atoms with E-state index in [0.717, 1.165) is 47.2 Å². The maximum atomic E-state index is 12.2. The molecule has 1 fully saturated rings. The summed E-state index contributed by atoms with van der Waals surface area (Å²) in [6, 6.07) is 16.3. The second-order valence-electron chi connectivity index (χ2n) is 7.81. The van der Waals surface area contributed by atoms with Crippen LogP contribution in [-0.4, -0.2) is 27.0 Å². The molecule has 5 rings (SSSR count). The number of oxazole rings is 1. The summed E-state index contributed by atoms with van der Waals surface area (Å²) in [5.41, 5.74) is 4.75. The van der Waals surface area contributed by atoms with Gasteiger partial charge in [0.15, 0.2) is 5.58 Å². The van der Waals surface area contributed by atoms with Gasteiger partial charge in [0.1, 0.15) is 5.52 Å². The summed E-state index contributed by atoms with van der Waals surface area (Å²) < 4.78 is 8.09. The number of nitrogens with zero attached hydrogens (tertiary/aromatic N) is 3. The second-order valence-corrected chi connectivity index (χ2v) is 7.81. The highest BCUT2D eigenvalue weighted by Gasteiger charge is 2.31. The zero-order valence-electron chi connectivity index (χ0n) is 16.9. The highest BCUT2D eigenvalue weighted by atomic mass is 16.3. The number of fused-ring (bicyclic) bond motifs is 1. The third-order valence-electron chi connectivity index (χ3n) is 5.91. The predicted molar refractivity (Wildman–Crippen MR) is 116 cm³/mol. The van der Waals surface area contributed by atoms with E-state index >= 15 is 0 Å². The van der Waals surface area contributed by atoms with Crippen molar-refractivity contribution < 1.29 is 9.21 Å². The standard InChI is InChI=1S/C24H24N4O2/c1-2-26-23(29)18-11-12-19(13-18)28-15-25-14-21(28)16-7-9-17(10-8-16)24-27-20-5-3-4-6-22(20)30-24/h3-10,14-15,18-19H,2,11-13H2,1H3,(H,26,29). The maximum Gasteiger partial charge on any atom is 0.227 e. The van der Waals surface area contributed by atoms with Crippen molar-refractivity contribution in [3.63, 3.8) is 0 Å². The zero-order valence-corrected chi connectivity index (χ0v) is 16.9. The van der Waals surface area contributed by atoms with Crippen LogP contribution in [0.25, 0.3) is 33.8 Å². The lowest BCUT2D eigenvalue weighted by molar-refractivity contribution is -0.124. The van der Waals surface area contributed by atoms with Crippen LogP contribution < -0.4 is 5.32 Å². The molecule has 2 atom stereocenters. The minimum absolute atomic E-state index is 0.0896. The van der Waals surface area contributed by atoms with Gasteiger partial charge >= 0.3 is 0 Å². The fourth-order valence-corrected chi connectivity index (χ4v) is 4.37. The predicted octanol–water partition coefficient (Wildman–Crippen LogP) is 4.84. The Hall–Kier alpha value is -3.41. The number of rotatable bonds is 5. The third-order valence-corrected chi connectivity index (χ3v) is 5.91. The molecule has 2 aromatic carbocycles. The van der Waals surface area contributed by atoms with Crippen LogP contribution >= 0.6 is 0 Å². The molecule has 0 spiro atoms. The molecule has 2 unspecified atom stereocenters. The van der Waals surface area contributed by atoms with Crippen molar-refractivity contribution >= 4 is 17.0 Å². The molecule has 1 N–H and O–H groups in total. The highest BCUT2D eigenvalue weighted by Crippen LogP contribution is 2.37. The first-order chi connectivity index (χ1) is 14.7. The summed E-state index contributed by atoms with van der Waals surface area (Å²) in [4.78, 5) is 21.2. The molecular formula is C24H24N4O2. The van der Waals surface area contributed by atoms with E-state index in [0.29, 0.717) is 18.5 Å². The summed E-state index contributed by atoms with van der Waals surface area (Å²) in [5.74, 6) is 0.882. The van der Waals surface area contributed by atoms with Gasteiger partial charge in [0, 0.05) is 24.1 Å². The molecule has 1 amide bonds. The van der Waals surface area contributed by atoms with Crippen LogP contribution in [0, 0.1) is 5.92 Å². The molecule has 2 heterocycles. The molecule has 0 saturated heterocycles. The van der Waals surface area contributed by atoms with Crippen molar-refractivity contribution in [3.8, 4) is 22.7 Å². The zero-order chi connectivity index (χ0) is 20.5. The number of aromatic nitrogens is 3. The Morgan fingerprint density at radius 3 is 2.73 bits per heavy atom. The van der Waals surface area contributed by atoms with Gasteiger partial charge in [-0.2, -0.15) is 0 Å². The number of imidazole rings is 1. The van der Waals surface area contributed by atoms with Crippen LogP contribution in [0.2, 0.25) is 0 Å². The Bertz CT molecular complexity index is 1140. The number of hydrogen-bond donors (Lipinski definition) is 1. The number of benzene rings is 2. The largest absolute Gasteiger partial charge is 0.436 e. The van der Waals surface area contributed by atoms with Crippen molar-refractivity contribution in [1.82, 2.24) is 19.9 Å². The van der Waals surface area contributed by atoms with Crippen LogP contribution in [0.5, 0.6) is 0 Å². The molecule has 1 saturated carbocycles. The molecule has 6 heteroatoms. The lowest BCUT2D eigenvalue weighted by Gasteiger charge is -2.16. The van der Waals surface area contributed by atoms with Crippen molar-refractivity contribution in [2.75, 3.05) is 6.54 Å². The molecule has 6 nitrogen and oxygen atoms in total. The fraction of sp³-hybridized carbons (Fsp3) is 0.292. The first kappa shape index (κ1) is 18.6. The number of nitrogens with one attached hydrogen (secondary N) is 1. The summed E-state index contributed by atoms with van der Waals surface area (Å²) in [6.45, 7) is 2.64. The van der Waals surface area contributed by atoms with Crippen LogP contribution in [0.1, 0.15) is 32.2 Å². The molecule has 1 aliphatic rings. The Morgan fingerprint density at radius 1 is 1.13 bits per heavy atom. The van der Waals surface area contributed by atoms with E-state index in [1.807, 2.05) is 55.8 Å². The van der Waals surface area contributed by atoms with Gasteiger partial charge in [-0.1, -0.05) is 24.3 Å². The average molecular weight is 400 g/mol. The Balaban J connectivity index is 1.37. The lowest BCUT2D eigenvalue weighted by atomic mass is 10.1. The first-order valence-electron chi connectivity index (χ1n) is 10.5. The van der Waals surface area contributed by atoms with Crippen molar-refractivity contribution in [2.24, 2.45) is 5.92 Å². The Morgan fingerprint density at radius 2 is 1.93 bits per heavy atom. The quantitative estimate of drug-likeness (QED) is 0.520. The van der Waals surface area contributed by atoms with E-state index < -0.39 is 0 Å². The summed E-state index contributed by atoms with van der Waals surface area (Å²) in [6.07, 6.45) is 6.55. The molecule has 0 bridgehead atoms. The van der Waals surface area contributed by atoms with Crippen LogP contribution in [0.3, 0.4) is 0 Å². The normalized spacial score (nSPS) is 18.7. The van der Waals surface area contributed by atoms with Gasteiger partial charge in [0.05, 0.1) is 18.2 Å². The third kappa shape index (κ3) is 3.38. The summed E-state index contributed by atoms with van der Waals surface area (Å²) >= 11 is 0. The molecule has 4 aromatic rings. The first-order valence-corrected chi connectivity index (χ1v) is 10.5. The molecule has 0 radical (unpaired) electrons. The monoisotopic (exact) mass is 400 g/mol. The van der Waals surface area contributed by atoms with Crippen molar-refractivity contribution in [1.29, 1.82) is 0 Å². The molecule has 30 heavy (non-hydrogen) atoms. The van der Waals surface area contributed by atoms with Gasteiger partial charge in [0.2, 0.25) is 11.8 Å². The number of para-hydroxylation sites is 2. The Labute approximate surface area is 175 Å². The van der Waals surface area contributed by atoms with Crippen molar-refractivity contribution in [3.05, 3.63) is 61.1 Å². The average Bonchev–Trinajstić information content (AvgIpc) is 3.52. The van der Waals surface area contributed by atoms with E-state index in [4.69, 9.17) is 4.42 Å². The Kier molecular flexibility index (Phi) is 4.83. The molecular weight excluding hydrogens is 376 g/mol. The van der Waals surface area contributed by atoms with E-state index in [9.17, 15) is 4.79 Å². The summed E-state index contributed by atoms with van der Waals surface area (Å²) in [7, 11) is 0. The molecule has 152 valence electrons.